The van der Waals surface area contributed by atoms with Crippen molar-refractivity contribution < 1.29 is 20.1 Å². The molecule has 134 valence electrons. The summed E-state index contributed by atoms with van der Waals surface area (Å²) < 4.78 is 5.79. The van der Waals surface area contributed by atoms with Crippen LogP contribution >= 0.6 is 11.8 Å². The van der Waals surface area contributed by atoms with Crippen molar-refractivity contribution in [2.24, 2.45) is 0 Å². The Labute approximate surface area is 141 Å². The van der Waals surface area contributed by atoms with E-state index in [1.54, 1.807) is 0 Å². The molecule has 2 aliphatic rings. The molecule has 9 nitrogen and oxygen atoms in total. The van der Waals surface area contributed by atoms with Gasteiger partial charge in [-0.1, -0.05) is 0 Å². The van der Waals surface area contributed by atoms with Gasteiger partial charge in [-0.05, 0) is 0 Å². The molecule has 3 heterocycles. The van der Waals surface area contributed by atoms with Crippen molar-refractivity contribution in [3.63, 3.8) is 0 Å². The normalized spacial score (nSPS) is 34.5. The number of nitrogens with zero attached hydrogens (tertiary/aromatic N) is 1. The number of aromatic nitrogens is 2. The number of nitrogens with one attached hydrogen (secondary N) is 2. The lowest BCUT2D eigenvalue weighted by atomic mass is 9.87. The second-order valence-electron chi connectivity index (χ2n) is 6.04. The summed E-state index contributed by atoms with van der Waals surface area (Å²) in [4.78, 5) is 30.1. The van der Waals surface area contributed by atoms with E-state index < -0.39 is 41.8 Å². The average Bonchev–Trinajstić information content (AvgIpc) is 2.81. The molecular formula is C14H21N3O6S. The SMILES string of the molecule is O=c1[nH]cc([C@]2(CN3CCSCC3)O[C@H](CO)[C@@H](O)[C@H]2O)c(=O)[nH]1. The Balaban J connectivity index is 2.03. The lowest BCUT2D eigenvalue weighted by Gasteiger charge is -2.38. The van der Waals surface area contributed by atoms with Crippen LogP contribution < -0.4 is 11.2 Å². The highest BCUT2D eigenvalue weighted by Gasteiger charge is 2.56. The highest BCUT2D eigenvalue weighted by atomic mass is 32.2. The first-order valence-electron chi connectivity index (χ1n) is 7.75. The average molecular weight is 359 g/mol. The number of aliphatic hydroxyl groups is 3. The molecule has 24 heavy (non-hydrogen) atoms. The van der Waals surface area contributed by atoms with E-state index in [2.05, 4.69) is 9.97 Å². The first kappa shape index (κ1) is 17.6. The second-order valence-corrected chi connectivity index (χ2v) is 7.26. The van der Waals surface area contributed by atoms with Crippen LogP contribution in [0, 0.1) is 0 Å². The van der Waals surface area contributed by atoms with E-state index in [1.807, 2.05) is 16.7 Å². The minimum absolute atomic E-state index is 0.0304. The summed E-state index contributed by atoms with van der Waals surface area (Å²) in [5, 5.41) is 30.2. The van der Waals surface area contributed by atoms with E-state index in [4.69, 9.17) is 4.74 Å². The van der Waals surface area contributed by atoms with Gasteiger partial charge < -0.3 is 25.0 Å². The largest absolute Gasteiger partial charge is 0.394 e. The lowest BCUT2D eigenvalue weighted by molar-refractivity contribution is -0.113. The van der Waals surface area contributed by atoms with Gasteiger partial charge in [0.1, 0.15) is 23.9 Å². The van der Waals surface area contributed by atoms with Gasteiger partial charge in [0.15, 0.2) is 0 Å². The third-order valence-electron chi connectivity index (χ3n) is 4.56. The third kappa shape index (κ3) is 3.05. The monoisotopic (exact) mass is 359 g/mol. The fourth-order valence-electron chi connectivity index (χ4n) is 3.29. The van der Waals surface area contributed by atoms with Crippen molar-refractivity contribution in [2.45, 2.75) is 23.9 Å². The number of aliphatic hydroxyl groups excluding tert-OH is 3. The molecule has 0 aromatic carbocycles. The maximum absolute atomic E-state index is 12.3. The van der Waals surface area contributed by atoms with Crippen molar-refractivity contribution >= 4 is 11.8 Å². The maximum atomic E-state index is 12.3. The molecule has 2 saturated heterocycles. The molecule has 1 aromatic heterocycles. The van der Waals surface area contributed by atoms with Gasteiger partial charge in [0.2, 0.25) is 0 Å². The maximum Gasteiger partial charge on any atom is 0.325 e. The predicted octanol–water partition coefficient (Wildman–Crippen LogP) is -2.58. The van der Waals surface area contributed by atoms with Crippen LogP contribution in [0.3, 0.4) is 0 Å². The number of rotatable bonds is 4. The molecule has 4 atom stereocenters. The van der Waals surface area contributed by atoms with Crippen LogP contribution in [0.1, 0.15) is 5.56 Å². The fraction of sp³-hybridized carbons (Fsp3) is 0.714. The number of aromatic amines is 2. The van der Waals surface area contributed by atoms with Gasteiger partial charge in [0.25, 0.3) is 5.56 Å². The van der Waals surface area contributed by atoms with Crippen LogP contribution in [0.2, 0.25) is 0 Å². The van der Waals surface area contributed by atoms with Gasteiger partial charge >= 0.3 is 5.69 Å². The molecule has 2 aliphatic heterocycles. The minimum Gasteiger partial charge on any atom is -0.394 e. The highest BCUT2D eigenvalue weighted by molar-refractivity contribution is 7.99. The zero-order valence-corrected chi connectivity index (χ0v) is 13.8. The van der Waals surface area contributed by atoms with Crippen LogP contribution in [0.5, 0.6) is 0 Å². The van der Waals surface area contributed by atoms with Gasteiger partial charge in [-0.3, -0.25) is 14.7 Å². The molecule has 0 amide bonds. The highest BCUT2D eigenvalue weighted by Crippen LogP contribution is 2.39. The van der Waals surface area contributed by atoms with Gasteiger partial charge in [-0.2, -0.15) is 11.8 Å². The van der Waals surface area contributed by atoms with Crippen LogP contribution in [-0.4, -0.2) is 86.2 Å². The summed E-state index contributed by atoms with van der Waals surface area (Å²) in [5.41, 5.74) is -2.84. The first-order valence-corrected chi connectivity index (χ1v) is 8.91. The van der Waals surface area contributed by atoms with Gasteiger partial charge in [0.05, 0.1) is 12.2 Å². The Bertz CT molecular complexity index is 688. The molecule has 0 bridgehead atoms. The van der Waals surface area contributed by atoms with Crippen LogP contribution in [-0.2, 0) is 10.3 Å². The number of H-pyrrole nitrogens is 2. The number of ether oxygens (including phenoxy) is 1. The van der Waals surface area contributed by atoms with Crippen molar-refractivity contribution in [2.75, 3.05) is 37.7 Å². The van der Waals surface area contributed by atoms with Crippen molar-refractivity contribution in [3.05, 3.63) is 32.6 Å². The van der Waals surface area contributed by atoms with E-state index in [0.717, 1.165) is 24.6 Å². The molecule has 2 fully saturated rings. The van der Waals surface area contributed by atoms with Crippen LogP contribution in [0.15, 0.2) is 15.8 Å². The number of hydrogen-bond acceptors (Lipinski definition) is 8. The van der Waals surface area contributed by atoms with Gasteiger partial charge in [0, 0.05) is 37.3 Å². The fourth-order valence-corrected chi connectivity index (χ4v) is 4.27. The summed E-state index contributed by atoms with van der Waals surface area (Å²) >= 11 is 1.81. The molecule has 0 unspecified atom stereocenters. The molecule has 10 heteroatoms. The number of hydrogen-bond donors (Lipinski definition) is 5. The smallest absolute Gasteiger partial charge is 0.325 e. The van der Waals surface area contributed by atoms with Crippen LogP contribution in [0.25, 0.3) is 0 Å². The lowest BCUT2D eigenvalue weighted by Crippen LogP contribution is -2.53. The minimum atomic E-state index is -1.52. The number of thioether (sulfide) groups is 1. The first-order chi connectivity index (χ1) is 11.5. The Morgan fingerprint density at radius 1 is 1.33 bits per heavy atom. The summed E-state index contributed by atoms with van der Waals surface area (Å²) in [6.45, 7) is 1.20. The molecule has 5 N–H and O–H groups in total. The van der Waals surface area contributed by atoms with Crippen molar-refractivity contribution in [3.8, 4) is 0 Å². The summed E-state index contributed by atoms with van der Waals surface area (Å²) in [5.74, 6) is 1.83. The van der Waals surface area contributed by atoms with Crippen molar-refractivity contribution in [1.29, 1.82) is 0 Å². The van der Waals surface area contributed by atoms with E-state index in [1.165, 1.54) is 6.20 Å². The molecule has 0 aliphatic carbocycles. The van der Waals surface area contributed by atoms with Gasteiger partial charge in [-0.15, -0.1) is 0 Å². The topological polar surface area (TPSA) is 139 Å². The Morgan fingerprint density at radius 2 is 2.04 bits per heavy atom. The molecule has 0 radical (unpaired) electrons. The molecule has 0 spiro atoms. The molecular weight excluding hydrogens is 338 g/mol. The molecule has 1 aromatic rings. The van der Waals surface area contributed by atoms with E-state index in [0.29, 0.717) is 0 Å². The Hall–Kier alpha value is -1.17. The third-order valence-corrected chi connectivity index (χ3v) is 5.50. The predicted molar refractivity (Wildman–Crippen MR) is 87.1 cm³/mol. The Morgan fingerprint density at radius 3 is 2.62 bits per heavy atom. The van der Waals surface area contributed by atoms with Gasteiger partial charge in [-0.25, -0.2) is 4.79 Å². The van der Waals surface area contributed by atoms with E-state index in [-0.39, 0.29) is 12.1 Å². The summed E-state index contributed by atoms with van der Waals surface area (Å²) in [6.07, 6.45) is -2.54. The van der Waals surface area contributed by atoms with E-state index in [9.17, 15) is 24.9 Å². The summed E-state index contributed by atoms with van der Waals surface area (Å²) in [6, 6.07) is 0. The van der Waals surface area contributed by atoms with E-state index >= 15 is 0 Å². The summed E-state index contributed by atoms with van der Waals surface area (Å²) in [7, 11) is 0. The Kier molecular flexibility index (Phi) is 5.13. The second kappa shape index (κ2) is 6.98. The van der Waals surface area contributed by atoms with Crippen LogP contribution in [0.4, 0.5) is 0 Å². The van der Waals surface area contributed by atoms with Crippen molar-refractivity contribution in [1.82, 2.24) is 14.9 Å². The zero-order valence-electron chi connectivity index (χ0n) is 13.0. The standard InChI is InChI=1S/C14H21N3O6S/c18-6-9-10(19)11(20)14(23-9,7-17-1-3-24-4-2-17)8-5-15-13(22)16-12(8)21/h5,9-11,18-20H,1-4,6-7H2,(H2,15,16,21,22)/t9-,10-,11-,14+/m1/s1. The quantitative estimate of drug-likeness (QED) is 0.395. The molecule has 3 rings (SSSR count). The molecule has 0 saturated carbocycles. The zero-order chi connectivity index (χ0) is 17.3.